The summed E-state index contributed by atoms with van der Waals surface area (Å²) in [5.41, 5.74) is 0.131. The zero-order valence-corrected chi connectivity index (χ0v) is 11.3. The maximum absolute atomic E-state index is 13.6. The van der Waals surface area contributed by atoms with Gasteiger partial charge in [0.05, 0.1) is 18.1 Å². The first-order valence-corrected chi connectivity index (χ1v) is 6.88. The number of hydrogen-bond acceptors (Lipinski definition) is 4. The lowest BCUT2D eigenvalue weighted by Crippen LogP contribution is -2.24. The molecule has 1 aromatic carbocycles. The van der Waals surface area contributed by atoms with Gasteiger partial charge >= 0.3 is 0 Å². The minimum Gasteiger partial charge on any atom is -0.494 e. The Kier molecular flexibility index (Phi) is 3.23. The monoisotopic (exact) mass is 280 g/mol. The summed E-state index contributed by atoms with van der Waals surface area (Å²) in [5, 5.41) is 14.4. The quantitative estimate of drug-likeness (QED) is 0.641. The van der Waals surface area contributed by atoms with Gasteiger partial charge in [0, 0.05) is 12.1 Å². The van der Waals surface area contributed by atoms with Gasteiger partial charge in [-0.05, 0) is 37.5 Å². The zero-order chi connectivity index (χ0) is 14.3. The van der Waals surface area contributed by atoms with Gasteiger partial charge in [0.2, 0.25) is 0 Å². The van der Waals surface area contributed by atoms with Gasteiger partial charge in [-0.2, -0.15) is 0 Å². The predicted molar refractivity (Wildman–Crippen MR) is 72.5 cm³/mol. The summed E-state index contributed by atoms with van der Waals surface area (Å²) in [6, 6.07) is 2.59. The fourth-order valence-corrected chi connectivity index (χ4v) is 2.68. The SMILES string of the molecule is COc1cc(NC(C2CC2)C2CC2)c([N+](=O)[O-])cc1F. The van der Waals surface area contributed by atoms with Crippen molar-refractivity contribution in [1.82, 2.24) is 0 Å². The molecule has 0 aromatic heterocycles. The van der Waals surface area contributed by atoms with Gasteiger partial charge in [-0.25, -0.2) is 4.39 Å². The van der Waals surface area contributed by atoms with Crippen LogP contribution in [0.2, 0.25) is 0 Å². The molecule has 1 aromatic rings. The molecular weight excluding hydrogens is 263 g/mol. The maximum atomic E-state index is 13.6. The normalized spacial score (nSPS) is 18.1. The van der Waals surface area contributed by atoms with E-state index in [0.717, 1.165) is 6.07 Å². The van der Waals surface area contributed by atoms with Crippen LogP contribution < -0.4 is 10.1 Å². The number of rotatable bonds is 6. The van der Waals surface area contributed by atoms with Gasteiger partial charge in [0.25, 0.3) is 5.69 Å². The molecule has 0 amide bonds. The maximum Gasteiger partial charge on any atom is 0.295 e. The minimum absolute atomic E-state index is 0.0310. The number of nitrogens with one attached hydrogen (secondary N) is 1. The van der Waals surface area contributed by atoms with Crippen molar-refractivity contribution in [1.29, 1.82) is 0 Å². The van der Waals surface area contributed by atoms with Gasteiger partial charge in [-0.3, -0.25) is 10.1 Å². The van der Waals surface area contributed by atoms with E-state index < -0.39 is 10.7 Å². The Morgan fingerprint density at radius 2 is 1.95 bits per heavy atom. The molecule has 108 valence electrons. The molecule has 0 spiro atoms. The molecule has 6 heteroatoms. The van der Waals surface area contributed by atoms with Gasteiger partial charge in [0.1, 0.15) is 5.69 Å². The second-order valence-corrected chi connectivity index (χ2v) is 5.61. The van der Waals surface area contributed by atoms with Crippen LogP contribution >= 0.6 is 0 Å². The average molecular weight is 280 g/mol. The van der Waals surface area contributed by atoms with E-state index in [-0.39, 0.29) is 17.5 Å². The lowest BCUT2D eigenvalue weighted by molar-refractivity contribution is -0.384. The van der Waals surface area contributed by atoms with Crippen molar-refractivity contribution < 1.29 is 14.1 Å². The number of nitrogens with zero attached hydrogens (tertiary/aromatic N) is 1. The van der Waals surface area contributed by atoms with Crippen molar-refractivity contribution in [3.05, 3.63) is 28.1 Å². The smallest absolute Gasteiger partial charge is 0.295 e. The average Bonchev–Trinajstić information content (AvgIpc) is 3.28. The Morgan fingerprint density at radius 1 is 1.35 bits per heavy atom. The first-order chi connectivity index (χ1) is 9.60. The molecule has 0 radical (unpaired) electrons. The van der Waals surface area contributed by atoms with E-state index in [1.54, 1.807) is 0 Å². The van der Waals surface area contributed by atoms with Crippen LogP contribution in [0.25, 0.3) is 0 Å². The Morgan fingerprint density at radius 3 is 2.40 bits per heavy atom. The van der Waals surface area contributed by atoms with Crippen molar-refractivity contribution in [2.24, 2.45) is 11.8 Å². The van der Waals surface area contributed by atoms with E-state index in [1.807, 2.05) is 0 Å². The number of halogens is 1. The molecule has 0 heterocycles. The summed E-state index contributed by atoms with van der Waals surface area (Å²) in [6.07, 6.45) is 4.67. The molecule has 2 aliphatic carbocycles. The van der Waals surface area contributed by atoms with E-state index in [4.69, 9.17) is 4.74 Å². The van der Waals surface area contributed by atoms with Crippen LogP contribution in [-0.4, -0.2) is 18.1 Å². The highest BCUT2D eigenvalue weighted by molar-refractivity contribution is 5.65. The molecule has 2 aliphatic rings. The number of hydrogen-bond donors (Lipinski definition) is 1. The van der Waals surface area contributed by atoms with Gasteiger partial charge in [0.15, 0.2) is 11.6 Å². The number of methoxy groups -OCH3 is 1. The molecule has 0 atom stereocenters. The molecule has 0 saturated heterocycles. The molecule has 0 bridgehead atoms. The Bertz CT molecular complexity index is 529. The van der Waals surface area contributed by atoms with Gasteiger partial charge in [-0.15, -0.1) is 0 Å². The van der Waals surface area contributed by atoms with Crippen molar-refractivity contribution in [2.75, 3.05) is 12.4 Å². The molecule has 2 saturated carbocycles. The van der Waals surface area contributed by atoms with Crippen LogP contribution in [0.1, 0.15) is 25.7 Å². The van der Waals surface area contributed by atoms with Crippen molar-refractivity contribution in [3.8, 4) is 5.75 Å². The van der Waals surface area contributed by atoms with Crippen molar-refractivity contribution in [2.45, 2.75) is 31.7 Å². The second kappa shape index (κ2) is 4.92. The number of nitro groups is 1. The summed E-state index contributed by atoms with van der Waals surface area (Å²) in [7, 11) is 1.35. The summed E-state index contributed by atoms with van der Waals surface area (Å²) in [4.78, 5) is 10.5. The van der Waals surface area contributed by atoms with Crippen molar-refractivity contribution in [3.63, 3.8) is 0 Å². The Balaban J connectivity index is 1.91. The fourth-order valence-electron chi connectivity index (χ4n) is 2.68. The van der Waals surface area contributed by atoms with E-state index in [2.05, 4.69) is 5.32 Å². The van der Waals surface area contributed by atoms with Gasteiger partial charge in [-0.1, -0.05) is 0 Å². The molecule has 0 unspecified atom stereocenters. The van der Waals surface area contributed by atoms with E-state index >= 15 is 0 Å². The lowest BCUT2D eigenvalue weighted by atomic mass is 10.1. The third-order valence-corrected chi connectivity index (χ3v) is 4.05. The largest absolute Gasteiger partial charge is 0.494 e. The van der Waals surface area contributed by atoms with Crippen LogP contribution in [-0.2, 0) is 0 Å². The molecule has 5 nitrogen and oxygen atoms in total. The zero-order valence-electron chi connectivity index (χ0n) is 11.3. The Labute approximate surface area is 116 Å². The molecule has 1 N–H and O–H groups in total. The molecule has 0 aliphatic heterocycles. The first-order valence-electron chi connectivity index (χ1n) is 6.88. The minimum atomic E-state index is -0.709. The predicted octanol–water partition coefficient (Wildman–Crippen LogP) is 3.34. The lowest BCUT2D eigenvalue weighted by Gasteiger charge is -2.19. The first kappa shape index (κ1) is 13.1. The summed E-state index contributed by atoms with van der Waals surface area (Å²) in [6.45, 7) is 0. The number of nitro benzene ring substituents is 1. The fraction of sp³-hybridized carbons (Fsp3) is 0.571. The summed E-state index contributed by atoms with van der Waals surface area (Å²) >= 11 is 0. The van der Waals surface area contributed by atoms with Crippen LogP contribution in [0.15, 0.2) is 12.1 Å². The topological polar surface area (TPSA) is 64.4 Å². The molecule has 20 heavy (non-hydrogen) atoms. The highest BCUT2D eigenvalue weighted by atomic mass is 19.1. The molecule has 3 rings (SSSR count). The van der Waals surface area contributed by atoms with Crippen LogP contribution in [0.3, 0.4) is 0 Å². The number of ether oxygens (including phenoxy) is 1. The van der Waals surface area contributed by atoms with Crippen LogP contribution in [0, 0.1) is 27.8 Å². The summed E-state index contributed by atoms with van der Waals surface area (Å²) < 4.78 is 18.5. The third kappa shape index (κ3) is 2.55. The molecular formula is C14H17FN2O3. The van der Waals surface area contributed by atoms with E-state index in [1.165, 1.54) is 38.9 Å². The number of benzene rings is 1. The van der Waals surface area contributed by atoms with E-state index in [9.17, 15) is 14.5 Å². The molecule has 2 fully saturated rings. The standard InChI is InChI=1S/C14H17FN2O3/c1-20-13-7-11(12(17(18)19)6-10(13)15)16-14(8-2-3-8)9-4-5-9/h6-9,14,16H,2-5H2,1H3. The van der Waals surface area contributed by atoms with E-state index in [0.29, 0.717) is 17.5 Å². The highest BCUT2D eigenvalue weighted by Crippen LogP contribution is 2.47. The second-order valence-electron chi connectivity index (χ2n) is 5.61. The van der Waals surface area contributed by atoms with Gasteiger partial charge < -0.3 is 10.1 Å². The highest BCUT2D eigenvalue weighted by Gasteiger charge is 2.42. The Hall–Kier alpha value is -1.85. The number of anilines is 1. The van der Waals surface area contributed by atoms with Crippen LogP contribution in [0.5, 0.6) is 5.75 Å². The third-order valence-electron chi connectivity index (χ3n) is 4.05. The van der Waals surface area contributed by atoms with Crippen LogP contribution in [0.4, 0.5) is 15.8 Å². The van der Waals surface area contributed by atoms with Crippen molar-refractivity contribution >= 4 is 11.4 Å². The summed E-state index contributed by atoms with van der Waals surface area (Å²) in [5.74, 6) is 0.513.